The molecule has 3 aliphatic rings. The maximum atomic E-state index is 11.4. The summed E-state index contributed by atoms with van der Waals surface area (Å²) in [5.74, 6) is -0.350. The standard InChI is InChI=1S/C24H38N4O3/c1-26(2)24(19-7-4-3-5-8-19)14-12-22(13-15-24)17-27(16-9-20(25)29)21(30)28(22)18-23(31)10-6-11-23/h3-5,7-8,21,30-31H,6,9-18H2,1-2H3,(H2,25,29). The third kappa shape index (κ3) is 4.14. The van der Waals surface area contributed by atoms with Crippen LogP contribution < -0.4 is 5.73 Å². The van der Waals surface area contributed by atoms with Crippen molar-refractivity contribution >= 4 is 5.91 Å². The number of hydrogen-bond acceptors (Lipinski definition) is 6. The van der Waals surface area contributed by atoms with Crippen LogP contribution in [-0.4, -0.2) is 82.0 Å². The van der Waals surface area contributed by atoms with Crippen molar-refractivity contribution in [1.82, 2.24) is 14.7 Å². The average molecular weight is 431 g/mol. The molecule has 0 radical (unpaired) electrons. The van der Waals surface area contributed by atoms with Crippen LogP contribution in [0, 0.1) is 0 Å². The number of nitrogens with zero attached hydrogens (tertiary/aromatic N) is 3. The van der Waals surface area contributed by atoms with Gasteiger partial charge in [-0.3, -0.25) is 19.5 Å². The van der Waals surface area contributed by atoms with Crippen LogP contribution in [0.15, 0.2) is 30.3 Å². The van der Waals surface area contributed by atoms with E-state index >= 15 is 0 Å². The topological polar surface area (TPSA) is 93.3 Å². The van der Waals surface area contributed by atoms with Crippen LogP contribution >= 0.6 is 0 Å². The minimum absolute atomic E-state index is 0.0306. The minimum Gasteiger partial charge on any atom is -0.389 e. The molecule has 1 amide bonds. The zero-order chi connectivity index (χ0) is 22.3. The summed E-state index contributed by atoms with van der Waals surface area (Å²) in [7, 11) is 4.31. The highest BCUT2D eigenvalue weighted by Crippen LogP contribution is 2.50. The molecule has 7 nitrogen and oxygen atoms in total. The van der Waals surface area contributed by atoms with Crippen LogP contribution in [0.2, 0.25) is 0 Å². The quantitative estimate of drug-likeness (QED) is 0.606. The fourth-order valence-corrected chi connectivity index (χ4v) is 6.07. The van der Waals surface area contributed by atoms with E-state index in [-0.39, 0.29) is 23.4 Å². The predicted molar refractivity (Wildman–Crippen MR) is 120 cm³/mol. The van der Waals surface area contributed by atoms with Gasteiger partial charge in [0.25, 0.3) is 0 Å². The number of β-amino-alcohol motifs (C(OH)–C–C–N with tert-alkyl or cyclic N) is 1. The largest absolute Gasteiger partial charge is 0.389 e. The van der Waals surface area contributed by atoms with Gasteiger partial charge in [0, 0.05) is 37.1 Å². The normalized spacial score (nSPS) is 33.6. The average Bonchev–Trinajstić information content (AvgIpc) is 2.98. The van der Waals surface area contributed by atoms with Crippen molar-refractivity contribution in [3.63, 3.8) is 0 Å². The van der Waals surface area contributed by atoms with Gasteiger partial charge in [0.1, 0.15) is 0 Å². The van der Waals surface area contributed by atoms with Crippen molar-refractivity contribution in [2.75, 3.05) is 33.7 Å². The van der Waals surface area contributed by atoms with Crippen molar-refractivity contribution in [1.29, 1.82) is 0 Å². The summed E-state index contributed by atoms with van der Waals surface area (Å²) in [4.78, 5) is 17.8. The fraction of sp³-hybridized carbons (Fsp3) is 0.708. The Labute approximate surface area is 185 Å². The molecular formula is C24H38N4O3. The van der Waals surface area contributed by atoms with Crippen LogP contribution in [0.5, 0.6) is 0 Å². The molecule has 1 aromatic rings. The van der Waals surface area contributed by atoms with Crippen LogP contribution in [0.25, 0.3) is 0 Å². The second-order valence-corrected chi connectivity index (χ2v) is 10.3. The van der Waals surface area contributed by atoms with Gasteiger partial charge >= 0.3 is 0 Å². The first-order valence-corrected chi connectivity index (χ1v) is 11.6. The van der Waals surface area contributed by atoms with Crippen molar-refractivity contribution in [3.05, 3.63) is 35.9 Å². The van der Waals surface area contributed by atoms with Crippen molar-refractivity contribution in [2.24, 2.45) is 5.73 Å². The number of rotatable bonds is 7. The molecule has 4 rings (SSSR count). The van der Waals surface area contributed by atoms with Gasteiger partial charge in [-0.05, 0) is 64.6 Å². The Morgan fingerprint density at radius 3 is 2.29 bits per heavy atom. The second kappa shape index (κ2) is 8.45. The Morgan fingerprint density at radius 2 is 1.77 bits per heavy atom. The molecule has 1 aromatic carbocycles. The first kappa shape index (κ1) is 22.7. The van der Waals surface area contributed by atoms with E-state index in [0.29, 0.717) is 19.6 Å². The molecule has 1 atom stereocenters. The highest BCUT2D eigenvalue weighted by Gasteiger charge is 2.56. The van der Waals surface area contributed by atoms with Crippen LogP contribution in [0.1, 0.15) is 56.9 Å². The van der Waals surface area contributed by atoms with Crippen LogP contribution in [0.3, 0.4) is 0 Å². The van der Waals surface area contributed by atoms with Gasteiger partial charge in [0.2, 0.25) is 5.91 Å². The Morgan fingerprint density at radius 1 is 1.13 bits per heavy atom. The molecule has 7 heteroatoms. The van der Waals surface area contributed by atoms with Gasteiger partial charge in [-0.1, -0.05) is 30.3 Å². The molecule has 4 N–H and O–H groups in total. The number of aliphatic hydroxyl groups excluding tert-OH is 1. The molecule has 3 fully saturated rings. The van der Waals surface area contributed by atoms with E-state index in [4.69, 9.17) is 5.73 Å². The molecule has 1 unspecified atom stereocenters. The van der Waals surface area contributed by atoms with Gasteiger partial charge in [0.05, 0.1) is 5.60 Å². The number of hydrogen-bond donors (Lipinski definition) is 3. The fourth-order valence-electron chi connectivity index (χ4n) is 6.07. The van der Waals surface area contributed by atoms with E-state index in [1.54, 1.807) is 0 Å². The van der Waals surface area contributed by atoms with Crippen molar-refractivity contribution in [3.8, 4) is 0 Å². The van der Waals surface area contributed by atoms with E-state index in [1.165, 1.54) is 5.56 Å². The Balaban J connectivity index is 1.58. The van der Waals surface area contributed by atoms with E-state index in [9.17, 15) is 15.0 Å². The number of amides is 1. The first-order chi connectivity index (χ1) is 14.7. The maximum Gasteiger partial charge on any atom is 0.218 e. The zero-order valence-corrected chi connectivity index (χ0v) is 19.0. The maximum absolute atomic E-state index is 11.4. The second-order valence-electron chi connectivity index (χ2n) is 10.3. The summed E-state index contributed by atoms with van der Waals surface area (Å²) in [6, 6.07) is 10.7. The number of aliphatic hydroxyl groups is 2. The highest BCUT2D eigenvalue weighted by molar-refractivity contribution is 5.73. The van der Waals surface area contributed by atoms with Crippen LogP contribution in [0.4, 0.5) is 0 Å². The van der Waals surface area contributed by atoms with Gasteiger partial charge < -0.3 is 15.9 Å². The molecule has 0 bridgehead atoms. The van der Waals surface area contributed by atoms with Gasteiger partial charge in [0.15, 0.2) is 6.35 Å². The summed E-state index contributed by atoms with van der Waals surface area (Å²) in [5.41, 5.74) is 5.78. The number of carbonyl (C=O) groups excluding carboxylic acids is 1. The molecule has 1 saturated heterocycles. The monoisotopic (exact) mass is 430 g/mol. The van der Waals surface area contributed by atoms with Crippen molar-refractivity contribution < 1.29 is 15.0 Å². The third-order valence-electron chi connectivity index (χ3n) is 8.28. The molecule has 172 valence electrons. The van der Waals surface area contributed by atoms with E-state index in [1.807, 2.05) is 4.90 Å². The Hall–Kier alpha value is -1.51. The lowest BCUT2D eigenvalue weighted by atomic mass is 9.67. The molecule has 2 aliphatic carbocycles. The lowest BCUT2D eigenvalue weighted by Gasteiger charge is -2.53. The Kier molecular flexibility index (Phi) is 6.18. The number of nitrogens with two attached hydrogens (primary N) is 1. The van der Waals surface area contributed by atoms with Gasteiger partial charge in [-0.15, -0.1) is 0 Å². The number of benzene rings is 1. The predicted octanol–water partition coefficient (Wildman–Crippen LogP) is 1.44. The van der Waals surface area contributed by atoms with E-state index in [0.717, 1.165) is 44.9 Å². The number of primary amides is 1. The third-order valence-corrected chi connectivity index (χ3v) is 8.28. The van der Waals surface area contributed by atoms with E-state index < -0.39 is 12.0 Å². The molecule has 31 heavy (non-hydrogen) atoms. The van der Waals surface area contributed by atoms with Gasteiger partial charge in [-0.25, -0.2) is 0 Å². The summed E-state index contributed by atoms with van der Waals surface area (Å²) in [6.45, 7) is 1.64. The lowest BCUT2D eigenvalue weighted by molar-refractivity contribution is -0.144. The lowest BCUT2D eigenvalue weighted by Crippen LogP contribution is -2.60. The summed E-state index contributed by atoms with van der Waals surface area (Å²) in [6.07, 6.45) is 5.89. The summed E-state index contributed by atoms with van der Waals surface area (Å²) in [5, 5.41) is 22.1. The molecule has 0 aromatic heterocycles. The van der Waals surface area contributed by atoms with Gasteiger partial charge in [-0.2, -0.15) is 0 Å². The van der Waals surface area contributed by atoms with E-state index in [2.05, 4.69) is 54.2 Å². The molecular weight excluding hydrogens is 392 g/mol. The first-order valence-electron chi connectivity index (χ1n) is 11.6. The summed E-state index contributed by atoms with van der Waals surface area (Å²) >= 11 is 0. The molecule has 1 spiro atoms. The highest BCUT2D eigenvalue weighted by atomic mass is 16.3. The number of carbonyl (C=O) groups is 1. The SMILES string of the molecule is CN(C)C1(c2ccccc2)CCC2(CC1)CN(CCC(N)=O)C(O)N2CC1(O)CCC1. The smallest absolute Gasteiger partial charge is 0.218 e. The van der Waals surface area contributed by atoms with Crippen molar-refractivity contribution in [2.45, 2.75) is 74.4 Å². The minimum atomic E-state index is -0.785. The molecule has 1 aliphatic heterocycles. The summed E-state index contributed by atoms with van der Waals surface area (Å²) < 4.78 is 0. The van der Waals surface area contributed by atoms with Crippen LogP contribution in [-0.2, 0) is 10.3 Å². The Bertz CT molecular complexity index is 772. The molecule has 2 saturated carbocycles. The zero-order valence-electron chi connectivity index (χ0n) is 19.0. The molecule has 1 heterocycles.